The van der Waals surface area contributed by atoms with E-state index in [4.69, 9.17) is 0 Å². The summed E-state index contributed by atoms with van der Waals surface area (Å²) < 4.78 is 1.02. The molecule has 0 bridgehead atoms. The highest BCUT2D eigenvalue weighted by Crippen LogP contribution is 2.15. The van der Waals surface area contributed by atoms with Crippen LogP contribution >= 0.6 is 15.9 Å². The minimum atomic E-state index is 0.101. The molecule has 1 aromatic rings. The molecule has 1 heterocycles. The van der Waals surface area contributed by atoms with Gasteiger partial charge in [-0.15, -0.1) is 0 Å². The average molecular weight is 269 g/mol. The molecule has 0 unspecified atom stereocenters. The highest BCUT2D eigenvalue weighted by Gasteiger charge is 2.19. The fourth-order valence-electron chi connectivity index (χ4n) is 1.50. The van der Waals surface area contributed by atoms with E-state index in [1.807, 2.05) is 24.3 Å². The van der Waals surface area contributed by atoms with Crippen LogP contribution in [0.4, 0.5) is 5.69 Å². The molecule has 2 rings (SSSR count). The van der Waals surface area contributed by atoms with Crippen LogP contribution < -0.4 is 10.6 Å². The molecule has 0 aromatic heterocycles. The SMILES string of the molecule is O=C(CC1CNC1)Nc1ccc(Br)cc1. The second kappa shape index (κ2) is 4.77. The molecule has 1 saturated heterocycles. The molecule has 80 valence electrons. The van der Waals surface area contributed by atoms with E-state index in [-0.39, 0.29) is 5.91 Å². The van der Waals surface area contributed by atoms with Gasteiger partial charge in [0.1, 0.15) is 0 Å². The summed E-state index contributed by atoms with van der Waals surface area (Å²) in [6.45, 7) is 1.93. The van der Waals surface area contributed by atoms with Gasteiger partial charge in [0.2, 0.25) is 5.91 Å². The van der Waals surface area contributed by atoms with Crippen LogP contribution in [0, 0.1) is 5.92 Å². The largest absolute Gasteiger partial charge is 0.326 e. The monoisotopic (exact) mass is 268 g/mol. The molecule has 4 heteroatoms. The van der Waals surface area contributed by atoms with Gasteiger partial charge in [0.25, 0.3) is 0 Å². The van der Waals surface area contributed by atoms with Gasteiger partial charge in [-0.3, -0.25) is 4.79 Å². The maximum absolute atomic E-state index is 11.5. The lowest BCUT2D eigenvalue weighted by Gasteiger charge is -2.26. The lowest BCUT2D eigenvalue weighted by atomic mass is 9.99. The van der Waals surface area contributed by atoms with Crippen LogP contribution in [-0.4, -0.2) is 19.0 Å². The molecule has 1 fully saturated rings. The van der Waals surface area contributed by atoms with E-state index in [9.17, 15) is 4.79 Å². The molecule has 0 radical (unpaired) electrons. The van der Waals surface area contributed by atoms with E-state index in [1.165, 1.54) is 0 Å². The topological polar surface area (TPSA) is 41.1 Å². The average Bonchev–Trinajstić information content (AvgIpc) is 2.16. The number of rotatable bonds is 3. The molecule has 0 aliphatic carbocycles. The third-order valence-electron chi connectivity index (χ3n) is 2.47. The Kier molecular flexibility index (Phi) is 3.38. The van der Waals surface area contributed by atoms with Crippen LogP contribution in [0.15, 0.2) is 28.7 Å². The highest BCUT2D eigenvalue weighted by molar-refractivity contribution is 9.10. The van der Waals surface area contributed by atoms with Gasteiger partial charge in [0.05, 0.1) is 0 Å². The summed E-state index contributed by atoms with van der Waals surface area (Å²) in [6.07, 6.45) is 0.614. The molecular formula is C11H13BrN2O. The number of hydrogen-bond acceptors (Lipinski definition) is 2. The molecule has 1 amide bonds. The molecule has 2 N–H and O–H groups in total. The van der Waals surface area contributed by atoms with Crippen molar-refractivity contribution in [2.75, 3.05) is 18.4 Å². The molecule has 0 saturated carbocycles. The van der Waals surface area contributed by atoms with E-state index in [1.54, 1.807) is 0 Å². The van der Waals surface area contributed by atoms with Gasteiger partial charge < -0.3 is 10.6 Å². The molecule has 1 aromatic carbocycles. The number of carbonyl (C=O) groups is 1. The zero-order valence-corrected chi connectivity index (χ0v) is 9.88. The number of hydrogen-bond donors (Lipinski definition) is 2. The third-order valence-corrected chi connectivity index (χ3v) is 3.00. The predicted octanol–water partition coefficient (Wildman–Crippen LogP) is 2.00. The summed E-state index contributed by atoms with van der Waals surface area (Å²) >= 11 is 3.35. The Morgan fingerprint density at radius 1 is 1.40 bits per heavy atom. The fraction of sp³-hybridized carbons (Fsp3) is 0.364. The summed E-state index contributed by atoms with van der Waals surface area (Å²) in [7, 11) is 0. The summed E-state index contributed by atoms with van der Waals surface area (Å²) in [4.78, 5) is 11.5. The van der Waals surface area contributed by atoms with Crippen LogP contribution in [0.2, 0.25) is 0 Å². The van der Waals surface area contributed by atoms with E-state index in [0.29, 0.717) is 12.3 Å². The first-order valence-corrected chi connectivity index (χ1v) is 5.79. The molecule has 0 spiro atoms. The first-order valence-electron chi connectivity index (χ1n) is 5.00. The summed E-state index contributed by atoms with van der Waals surface area (Å²) in [5.41, 5.74) is 0.857. The van der Waals surface area contributed by atoms with Gasteiger partial charge in [-0.2, -0.15) is 0 Å². The zero-order valence-electron chi connectivity index (χ0n) is 8.29. The number of halogens is 1. The van der Waals surface area contributed by atoms with Crippen molar-refractivity contribution in [3.05, 3.63) is 28.7 Å². The molecule has 1 aliphatic heterocycles. The Balaban J connectivity index is 1.84. The Labute approximate surface area is 97.4 Å². The number of nitrogens with one attached hydrogen (secondary N) is 2. The van der Waals surface area contributed by atoms with Crippen molar-refractivity contribution in [1.29, 1.82) is 0 Å². The van der Waals surface area contributed by atoms with E-state index in [0.717, 1.165) is 23.2 Å². The van der Waals surface area contributed by atoms with E-state index < -0.39 is 0 Å². The predicted molar refractivity (Wildman–Crippen MR) is 63.7 cm³/mol. The molecule has 0 atom stereocenters. The first-order chi connectivity index (χ1) is 7.24. The van der Waals surface area contributed by atoms with Crippen molar-refractivity contribution in [3.63, 3.8) is 0 Å². The van der Waals surface area contributed by atoms with Gasteiger partial charge >= 0.3 is 0 Å². The van der Waals surface area contributed by atoms with Crippen LogP contribution in [0.3, 0.4) is 0 Å². The summed E-state index contributed by atoms with van der Waals surface area (Å²) in [5, 5.41) is 6.03. The zero-order chi connectivity index (χ0) is 10.7. The number of anilines is 1. The van der Waals surface area contributed by atoms with Crippen LogP contribution in [0.5, 0.6) is 0 Å². The first kappa shape index (κ1) is 10.6. The van der Waals surface area contributed by atoms with Gasteiger partial charge in [-0.05, 0) is 43.3 Å². The van der Waals surface area contributed by atoms with Crippen molar-refractivity contribution in [3.8, 4) is 0 Å². The fourth-order valence-corrected chi connectivity index (χ4v) is 1.76. The highest BCUT2D eigenvalue weighted by atomic mass is 79.9. The number of benzene rings is 1. The third kappa shape index (κ3) is 3.04. The standard InChI is InChI=1S/C11H13BrN2O/c12-9-1-3-10(4-2-9)14-11(15)5-8-6-13-7-8/h1-4,8,13H,5-7H2,(H,14,15). The smallest absolute Gasteiger partial charge is 0.224 e. The normalized spacial score (nSPS) is 15.8. The minimum absolute atomic E-state index is 0.101. The number of amides is 1. The van der Waals surface area contributed by atoms with E-state index in [2.05, 4.69) is 26.6 Å². The van der Waals surface area contributed by atoms with E-state index >= 15 is 0 Å². The summed E-state index contributed by atoms with van der Waals surface area (Å²) in [5.74, 6) is 0.615. The molecule has 3 nitrogen and oxygen atoms in total. The molecule has 1 aliphatic rings. The van der Waals surface area contributed by atoms with Crippen molar-refractivity contribution in [2.45, 2.75) is 6.42 Å². The Hall–Kier alpha value is -0.870. The maximum Gasteiger partial charge on any atom is 0.224 e. The minimum Gasteiger partial charge on any atom is -0.326 e. The molecular weight excluding hydrogens is 256 g/mol. The van der Waals surface area contributed by atoms with Gasteiger partial charge in [0, 0.05) is 16.6 Å². The Morgan fingerprint density at radius 3 is 2.60 bits per heavy atom. The van der Waals surface area contributed by atoms with Gasteiger partial charge in [-0.1, -0.05) is 15.9 Å². The lowest BCUT2D eigenvalue weighted by Crippen LogP contribution is -2.43. The lowest BCUT2D eigenvalue weighted by molar-refractivity contribution is -0.117. The summed E-state index contributed by atoms with van der Waals surface area (Å²) in [6, 6.07) is 7.61. The maximum atomic E-state index is 11.5. The van der Waals surface area contributed by atoms with Crippen LogP contribution in [0.25, 0.3) is 0 Å². The van der Waals surface area contributed by atoms with Crippen molar-refractivity contribution >= 4 is 27.5 Å². The number of carbonyl (C=O) groups excluding carboxylic acids is 1. The molecule has 15 heavy (non-hydrogen) atoms. The Bertz CT molecular complexity index is 346. The van der Waals surface area contributed by atoms with Crippen LogP contribution in [0.1, 0.15) is 6.42 Å². The van der Waals surface area contributed by atoms with Crippen molar-refractivity contribution in [2.24, 2.45) is 5.92 Å². The quantitative estimate of drug-likeness (QED) is 0.881. The van der Waals surface area contributed by atoms with Crippen molar-refractivity contribution in [1.82, 2.24) is 5.32 Å². The van der Waals surface area contributed by atoms with Gasteiger partial charge in [0.15, 0.2) is 0 Å². The Morgan fingerprint density at radius 2 is 2.07 bits per heavy atom. The van der Waals surface area contributed by atoms with Crippen molar-refractivity contribution < 1.29 is 4.79 Å². The second-order valence-corrected chi connectivity index (χ2v) is 4.70. The second-order valence-electron chi connectivity index (χ2n) is 3.78. The van der Waals surface area contributed by atoms with Crippen LogP contribution in [-0.2, 0) is 4.79 Å². The van der Waals surface area contributed by atoms with Gasteiger partial charge in [-0.25, -0.2) is 0 Å².